The Balaban J connectivity index is 1.40. The summed E-state index contributed by atoms with van der Waals surface area (Å²) >= 11 is 3.07. The summed E-state index contributed by atoms with van der Waals surface area (Å²) in [4.78, 5) is 20.7. The maximum absolute atomic E-state index is 11.9. The fourth-order valence-corrected chi connectivity index (χ4v) is 4.01. The highest BCUT2D eigenvalue weighted by molar-refractivity contribution is 7.19. The van der Waals surface area contributed by atoms with Crippen LogP contribution in [0.3, 0.4) is 0 Å². The van der Waals surface area contributed by atoms with Gasteiger partial charge in [-0.3, -0.25) is 0 Å². The van der Waals surface area contributed by atoms with Crippen LogP contribution < -0.4 is 0 Å². The first-order valence-electron chi connectivity index (χ1n) is 7.33. The van der Waals surface area contributed by atoms with Gasteiger partial charge in [-0.25, -0.2) is 14.8 Å². The number of carbonyl (C=O) groups excluding carboxylic acids is 1. The fraction of sp³-hybridized carbons (Fsp3) is 0.0556. The molecule has 0 saturated carbocycles. The lowest BCUT2D eigenvalue weighted by molar-refractivity contribution is -0.138. The van der Waals surface area contributed by atoms with Crippen LogP contribution in [0.15, 0.2) is 54.6 Å². The van der Waals surface area contributed by atoms with Gasteiger partial charge >= 0.3 is 5.97 Å². The Hall–Kier alpha value is -2.57. The minimum absolute atomic E-state index is 0.183. The molecule has 0 radical (unpaired) electrons. The molecule has 118 valence electrons. The van der Waals surface area contributed by atoms with E-state index >= 15 is 0 Å². The van der Waals surface area contributed by atoms with Crippen LogP contribution in [0.4, 0.5) is 0 Å². The smallest absolute Gasteiger partial charge is 0.331 e. The van der Waals surface area contributed by atoms with E-state index < -0.39 is 5.97 Å². The second kappa shape index (κ2) is 6.51. The number of fused-ring (bicyclic) bond motifs is 2. The van der Waals surface area contributed by atoms with Crippen molar-refractivity contribution < 1.29 is 9.53 Å². The van der Waals surface area contributed by atoms with E-state index in [4.69, 9.17) is 4.74 Å². The Labute approximate surface area is 146 Å². The van der Waals surface area contributed by atoms with Gasteiger partial charge in [0.05, 0.1) is 20.4 Å². The number of hydrogen-bond donors (Lipinski definition) is 0. The Morgan fingerprint density at radius 2 is 1.62 bits per heavy atom. The third-order valence-electron chi connectivity index (χ3n) is 3.35. The molecular formula is C18H12N2O2S2. The van der Waals surface area contributed by atoms with Gasteiger partial charge in [-0.05, 0) is 30.3 Å². The molecule has 0 fully saturated rings. The minimum atomic E-state index is -0.395. The number of benzene rings is 2. The van der Waals surface area contributed by atoms with Crippen molar-refractivity contribution in [1.82, 2.24) is 9.97 Å². The van der Waals surface area contributed by atoms with Crippen LogP contribution in [0.5, 0.6) is 0 Å². The molecule has 0 aliphatic rings. The first-order valence-corrected chi connectivity index (χ1v) is 8.96. The molecule has 24 heavy (non-hydrogen) atoms. The van der Waals surface area contributed by atoms with Crippen molar-refractivity contribution in [2.75, 3.05) is 0 Å². The van der Waals surface area contributed by atoms with Crippen LogP contribution in [0, 0.1) is 0 Å². The summed E-state index contributed by atoms with van der Waals surface area (Å²) in [6.07, 6.45) is 3.09. The van der Waals surface area contributed by atoms with Crippen LogP contribution in [0.25, 0.3) is 26.5 Å². The van der Waals surface area contributed by atoms with E-state index in [2.05, 4.69) is 9.97 Å². The van der Waals surface area contributed by atoms with Gasteiger partial charge in [-0.15, -0.1) is 22.7 Å². The normalized spacial score (nSPS) is 11.5. The van der Waals surface area contributed by atoms with Crippen LogP contribution in [-0.2, 0) is 16.1 Å². The maximum atomic E-state index is 11.9. The number of carbonyl (C=O) groups is 1. The average molecular weight is 352 g/mol. The van der Waals surface area contributed by atoms with E-state index in [9.17, 15) is 4.79 Å². The molecule has 0 N–H and O–H groups in total. The van der Waals surface area contributed by atoms with Gasteiger partial charge in [0.1, 0.15) is 16.6 Å². The van der Waals surface area contributed by atoms with Crippen molar-refractivity contribution in [3.8, 4) is 0 Å². The van der Waals surface area contributed by atoms with Crippen molar-refractivity contribution in [3.05, 3.63) is 64.6 Å². The lowest BCUT2D eigenvalue weighted by Crippen LogP contribution is -2.00. The number of ether oxygens (including phenoxy) is 1. The molecule has 6 heteroatoms. The molecule has 4 rings (SSSR count). The van der Waals surface area contributed by atoms with Crippen molar-refractivity contribution in [2.45, 2.75) is 6.61 Å². The SMILES string of the molecule is O=C(/C=C/c1nc2ccccc2s1)OCc1nc2ccccc2s1. The van der Waals surface area contributed by atoms with Crippen molar-refractivity contribution in [3.63, 3.8) is 0 Å². The van der Waals surface area contributed by atoms with Crippen molar-refractivity contribution >= 4 is 55.2 Å². The number of esters is 1. The van der Waals surface area contributed by atoms with Gasteiger partial charge in [-0.1, -0.05) is 24.3 Å². The summed E-state index contributed by atoms with van der Waals surface area (Å²) in [6, 6.07) is 15.7. The Morgan fingerprint density at radius 1 is 0.958 bits per heavy atom. The molecule has 2 aromatic carbocycles. The van der Waals surface area contributed by atoms with E-state index in [1.54, 1.807) is 17.4 Å². The van der Waals surface area contributed by atoms with Crippen LogP contribution >= 0.6 is 22.7 Å². The van der Waals surface area contributed by atoms with Crippen molar-refractivity contribution in [1.29, 1.82) is 0 Å². The van der Waals surface area contributed by atoms with Gasteiger partial charge in [0.15, 0.2) is 0 Å². The number of hydrogen-bond acceptors (Lipinski definition) is 6. The molecule has 2 aromatic heterocycles. The number of aromatic nitrogens is 2. The molecule has 2 heterocycles. The van der Waals surface area contributed by atoms with E-state index in [0.717, 1.165) is 30.4 Å². The average Bonchev–Trinajstić information content (AvgIpc) is 3.21. The van der Waals surface area contributed by atoms with Gasteiger partial charge in [-0.2, -0.15) is 0 Å². The van der Waals surface area contributed by atoms with E-state index in [1.165, 1.54) is 17.4 Å². The molecule has 0 aliphatic carbocycles. The molecule has 4 aromatic rings. The van der Waals surface area contributed by atoms with Gasteiger partial charge in [0.25, 0.3) is 0 Å². The van der Waals surface area contributed by atoms with Crippen LogP contribution in [0.2, 0.25) is 0 Å². The molecule has 0 spiro atoms. The first-order chi connectivity index (χ1) is 11.8. The van der Waals surface area contributed by atoms with Gasteiger partial charge < -0.3 is 4.74 Å². The topological polar surface area (TPSA) is 52.1 Å². The van der Waals surface area contributed by atoms with E-state index in [0.29, 0.717) is 0 Å². The van der Waals surface area contributed by atoms with Crippen LogP contribution in [-0.4, -0.2) is 15.9 Å². The molecule has 0 amide bonds. The predicted molar refractivity (Wildman–Crippen MR) is 98.1 cm³/mol. The standard InChI is InChI=1S/C18H12N2O2S2/c21-18(10-9-16-19-12-5-1-3-7-14(12)23-16)22-11-17-20-13-6-2-4-8-15(13)24-17/h1-10H,11H2/b10-9+. The van der Waals surface area contributed by atoms with Crippen LogP contribution in [0.1, 0.15) is 10.0 Å². The van der Waals surface area contributed by atoms with Crippen molar-refractivity contribution in [2.24, 2.45) is 0 Å². The summed E-state index contributed by atoms with van der Waals surface area (Å²) in [7, 11) is 0. The zero-order chi connectivity index (χ0) is 16.4. The summed E-state index contributed by atoms with van der Waals surface area (Å²) in [5.41, 5.74) is 1.86. The number of nitrogens with zero attached hydrogens (tertiary/aromatic N) is 2. The maximum Gasteiger partial charge on any atom is 0.331 e. The number of rotatable bonds is 4. The number of para-hydroxylation sites is 2. The molecule has 0 unspecified atom stereocenters. The monoisotopic (exact) mass is 352 g/mol. The molecule has 0 aliphatic heterocycles. The van der Waals surface area contributed by atoms with E-state index in [-0.39, 0.29) is 6.61 Å². The molecular weight excluding hydrogens is 340 g/mol. The first kappa shape index (κ1) is 15.0. The quantitative estimate of drug-likeness (QED) is 0.396. The highest BCUT2D eigenvalue weighted by Gasteiger charge is 2.06. The summed E-state index contributed by atoms with van der Waals surface area (Å²) in [5, 5.41) is 1.58. The lowest BCUT2D eigenvalue weighted by atomic mass is 10.3. The third kappa shape index (κ3) is 3.20. The molecule has 4 nitrogen and oxygen atoms in total. The highest BCUT2D eigenvalue weighted by atomic mass is 32.1. The second-order valence-electron chi connectivity index (χ2n) is 5.04. The predicted octanol–water partition coefficient (Wildman–Crippen LogP) is 4.66. The highest BCUT2D eigenvalue weighted by Crippen LogP contribution is 2.23. The Morgan fingerprint density at radius 3 is 2.33 bits per heavy atom. The largest absolute Gasteiger partial charge is 0.455 e. The molecule has 0 saturated heterocycles. The van der Waals surface area contributed by atoms with E-state index in [1.807, 2.05) is 48.5 Å². The summed E-state index contributed by atoms with van der Waals surface area (Å²) < 4.78 is 7.44. The summed E-state index contributed by atoms with van der Waals surface area (Å²) in [5.74, 6) is -0.395. The molecule has 0 bridgehead atoms. The third-order valence-corrected chi connectivity index (χ3v) is 5.36. The Kier molecular flexibility index (Phi) is 4.06. The minimum Gasteiger partial charge on any atom is -0.455 e. The molecule has 0 atom stereocenters. The second-order valence-corrected chi connectivity index (χ2v) is 7.21. The lowest BCUT2D eigenvalue weighted by Gasteiger charge is -1.97. The zero-order valence-electron chi connectivity index (χ0n) is 12.5. The zero-order valence-corrected chi connectivity index (χ0v) is 14.1. The summed E-state index contributed by atoms with van der Waals surface area (Å²) in [6.45, 7) is 0.183. The van der Waals surface area contributed by atoms with Gasteiger partial charge in [0, 0.05) is 6.08 Å². The van der Waals surface area contributed by atoms with Gasteiger partial charge in [0.2, 0.25) is 0 Å². The number of thiazole rings is 2. The Bertz CT molecular complexity index is 983. The fourth-order valence-electron chi connectivity index (χ4n) is 2.26.